The van der Waals surface area contributed by atoms with Crippen LogP contribution >= 0.6 is 0 Å². The summed E-state index contributed by atoms with van der Waals surface area (Å²) in [5, 5.41) is 16.7. The minimum Gasteiger partial charge on any atom is -0.759 e. The van der Waals surface area contributed by atoms with Gasteiger partial charge in [0.05, 0.1) is 0 Å². The Hall–Kier alpha value is 0.919. The standard InChI is InChI=1S/CH2O3.Ca.Mn.H2O4S/c2-1(3)4;;;1-5(2,3)4/h(H2,2,3,4);;;(H2,1,2,3,4)/q;2*+2;/p-4. The van der Waals surface area contributed by atoms with Crippen LogP contribution in [0.4, 0.5) is 4.79 Å². The van der Waals surface area contributed by atoms with Gasteiger partial charge in [0, 0.05) is 10.4 Å². The average Bonchev–Trinajstić information content (AvgIpc) is 1.19. The Morgan fingerprint density at radius 3 is 1.09 bits per heavy atom. The molecule has 0 amide bonds. The molecule has 0 aliphatic rings. The summed E-state index contributed by atoms with van der Waals surface area (Å²) in [4.78, 5) is 8.33. The van der Waals surface area contributed by atoms with E-state index in [-0.39, 0.29) is 54.8 Å². The summed E-state index contributed by atoms with van der Waals surface area (Å²) in [5.41, 5.74) is 0. The molecule has 0 unspecified atom stereocenters. The summed E-state index contributed by atoms with van der Waals surface area (Å²) in [6.07, 6.45) is -2.33. The Labute approximate surface area is 103 Å². The van der Waals surface area contributed by atoms with Crippen molar-refractivity contribution in [1.82, 2.24) is 0 Å². The number of carboxylic acid groups (broad SMARTS) is 2. The van der Waals surface area contributed by atoms with Gasteiger partial charge in [-0.2, -0.15) is 0 Å². The van der Waals surface area contributed by atoms with Crippen LogP contribution in [0.3, 0.4) is 0 Å². The van der Waals surface area contributed by atoms with E-state index in [1.165, 1.54) is 0 Å². The molecular weight excluding hydrogens is 251 g/mol. The van der Waals surface area contributed by atoms with Crippen LogP contribution in [0.15, 0.2) is 0 Å². The molecule has 0 saturated carbocycles. The summed E-state index contributed by atoms with van der Waals surface area (Å²) in [6.45, 7) is 0. The number of carbonyl (C=O) groups is 1. The zero-order valence-corrected chi connectivity index (χ0v) is 9.06. The molecule has 10 heteroatoms. The van der Waals surface area contributed by atoms with Gasteiger partial charge in [-0.1, -0.05) is 0 Å². The van der Waals surface area contributed by atoms with E-state index in [1.807, 2.05) is 0 Å². The van der Waals surface area contributed by atoms with Gasteiger partial charge in [-0.3, -0.25) is 8.42 Å². The summed E-state index contributed by atoms with van der Waals surface area (Å²) in [5.74, 6) is 0. The molecule has 0 saturated heterocycles. The molecule has 0 aromatic carbocycles. The molecule has 0 atom stereocenters. The van der Waals surface area contributed by atoms with Crippen molar-refractivity contribution < 1.29 is 49.6 Å². The third-order valence-corrected chi connectivity index (χ3v) is 0. The molecule has 0 heterocycles. The molecule has 0 aromatic heterocycles. The molecule has 0 aromatic rings. The van der Waals surface area contributed by atoms with Crippen molar-refractivity contribution in [2.75, 3.05) is 0 Å². The number of hydrogen-bond donors (Lipinski definition) is 0. The molecule has 0 fully saturated rings. The molecule has 61 valence electrons. The van der Waals surface area contributed by atoms with E-state index < -0.39 is 16.6 Å². The molecule has 0 rings (SSSR count). The normalized spacial score (nSPS) is 7.45. The van der Waals surface area contributed by atoms with Crippen molar-refractivity contribution >= 4 is 54.3 Å². The number of carbonyl (C=O) groups excluding carboxylic acids is 1. The molecule has 0 aliphatic carbocycles. The van der Waals surface area contributed by atoms with Crippen LogP contribution in [0.25, 0.3) is 0 Å². The number of hydrogen-bond acceptors (Lipinski definition) is 7. The summed E-state index contributed by atoms with van der Waals surface area (Å²) < 4.78 is 34.1. The molecule has 0 spiro atoms. The molecule has 0 N–H and O–H groups in total. The smallest absolute Gasteiger partial charge is 0.759 e. The van der Waals surface area contributed by atoms with Gasteiger partial charge in [0.2, 0.25) is 0 Å². The van der Waals surface area contributed by atoms with Gasteiger partial charge in [-0.25, -0.2) is 0 Å². The van der Waals surface area contributed by atoms with Crippen molar-refractivity contribution in [2.45, 2.75) is 0 Å². The van der Waals surface area contributed by atoms with Gasteiger partial charge in [0.1, 0.15) is 0 Å². The van der Waals surface area contributed by atoms with Crippen LogP contribution in [0.2, 0.25) is 0 Å². The van der Waals surface area contributed by atoms with Gasteiger partial charge < -0.3 is 24.1 Å². The van der Waals surface area contributed by atoms with E-state index in [2.05, 4.69) is 0 Å². The number of rotatable bonds is 0. The molecular formula is CCaMnO7S. The fraction of sp³-hybridized carbons (Fsp3) is 0. The van der Waals surface area contributed by atoms with Crippen LogP contribution in [0.5, 0.6) is 0 Å². The first-order chi connectivity index (χ1) is 3.73. The summed E-state index contributed by atoms with van der Waals surface area (Å²) in [7, 11) is -5.17. The largest absolute Gasteiger partial charge is 2.00 e. The van der Waals surface area contributed by atoms with Crippen LogP contribution in [-0.2, 0) is 27.5 Å². The quantitative estimate of drug-likeness (QED) is 0.241. The fourth-order valence-electron chi connectivity index (χ4n) is 0. The van der Waals surface area contributed by atoms with E-state index in [1.54, 1.807) is 0 Å². The van der Waals surface area contributed by atoms with E-state index in [4.69, 9.17) is 32.5 Å². The predicted octanol–water partition coefficient (Wildman–Crippen LogP) is -4.17. The van der Waals surface area contributed by atoms with Gasteiger partial charge in [0.25, 0.3) is 0 Å². The minimum atomic E-state index is -5.17. The predicted molar refractivity (Wildman–Crippen MR) is 21.6 cm³/mol. The Morgan fingerprint density at radius 1 is 1.09 bits per heavy atom. The van der Waals surface area contributed by atoms with Gasteiger partial charge in [-0.05, 0) is 6.16 Å². The molecule has 0 bridgehead atoms. The Morgan fingerprint density at radius 2 is 1.09 bits per heavy atom. The van der Waals surface area contributed by atoms with Crippen LogP contribution in [0, 0.1) is 0 Å². The molecule has 0 aliphatic heterocycles. The van der Waals surface area contributed by atoms with Crippen LogP contribution in [-0.4, -0.2) is 61.4 Å². The van der Waals surface area contributed by atoms with Crippen molar-refractivity contribution in [3.05, 3.63) is 0 Å². The SMILES string of the molecule is O=C([O-])[O-].O=S(=O)([O-])[O-].[Ca+2].[Mn+2]. The summed E-state index contributed by atoms with van der Waals surface area (Å²) >= 11 is 0. The van der Waals surface area contributed by atoms with Gasteiger partial charge in [0.15, 0.2) is 0 Å². The van der Waals surface area contributed by atoms with E-state index in [0.717, 1.165) is 0 Å². The molecule has 1 radical (unpaired) electrons. The fourth-order valence-corrected chi connectivity index (χ4v) is 0. The van der Waals surface area contributed by atoms with Crippen molar-refractivity contribution in [2.24, 2.45) is 0 Å². The maximum absolute atomic E-state index is 8.52. The van der Waals surface area contributed by atoms with Crippen molar-refractivity contribution in [3.8, 4) is 0 Å². The van der Waals surface area contributed by atoms with Gasteiger partial charge >= 0.3 is 54.8 Å². The zero-order valence-electron chi connectivity index (χ0n) is 4.85. The first-order valence-electron chi connectivity index (χ1n) is 1.28. The first kappa shape index (κ1) is 22.7. The average molecular weight is 251 g/mol. The summed E-state index contributed by atoms with van der Waals surface area (Å²) in [6, 6.07) is 0. The second-order valence-corrected chi connectivity index (χ2v) is 1.47. The third kappa shape index (κ3) is 1030. The monoisotopic (exact) mass is 251 g/mol. The van der Waals surface area contributed by atoms with Crippen molar-refractivity contribution in [3.63, 3.8) is 0 Å². The van der Waals surface area contributed by atoms with Crippen LogP contribution < -0.4 is 10.2 Å². The maximum atomic E-state index is 8.52. The van der Waals surface area contributed by atoms with Crippen molar-refractivity contribution in [1.29, 1.82) is 0 Å². The Bertz CT molecular complexity index is 161. The molecule has 7 nitrogen and oxygen atoms in total. The van der Waals surface area contributed by atoms with Gasteiger partial charge in [-0.15, -0.1) is 0 Å². The van der Waals surface area contributed by atoms with Crippen LogP contribution in [0.1, 0.15) is 0 Å². The van der Waals surface area contributed by atoms with E-state index >= 15 is 0 Å². The molecule has 11 heavy (non-hydrogen) atoms. The second-order valence-electron chi connectivity index (χ2n) is 0.658. The topological polar surface area (TPSA) is 143 Å². The maximum Gasteiger partial charge on any atom is 2.00 e. The third-order valence-electron chi connectivity index (χ3n) is 0. The second kappa shape index (κ2) is 10.9. The Balaban J connectivity index is -0.0000000383. The van der Waals surface area contributed by atoms with E-state index in [9.17, 15) is 0 Å². The zero-order chi connectivity index (χ0) is 8.08. The van der Waals surface area contributed by atoms with E-state index in [0.29, 0.717) is 0 Å². The Kier molecular flexibility index (Phi) is 22.5. The minimum absolute atomic E-state index is 0. The first-order valence-corrected chi connectivity index (χ1v) is 2.61.